The van der Waals surface area contributed by atoms with Gasteiger partial charge in [0.05, 0.1) is 41.3 Å². The Morgan fingerprint density at radius 3 is 2.02 bits per heavy atom. The number of thiazole rings is 1. The molecule has 11 bridgehead atoms. The van der Waals surface area contributed by atoms with Crippen molar-refractivity contribution in [1.82, 2.24) is 68.0 Å². The molecule has 0 radical (unpaired) electrons. The summed E-state index contributed by atoms with van der Waals surface area (Å²) in [6.45, 7) is 7.90. The standard InChI is InChI=1S/C95H108Cl3N17O31S2/c1-8-114(34-40-18-22-113(23-19-40)35-45-37-147-90-72(89(135)115(90)73(45)92(138)139)110-86(132)69(112-140-7)68-81(98)148-94(100)111-68)62(122)11-9-10-61(121)102-20-21-103-95(5)33-63(141-39(4)80(95)127)145-79-77(126)76(125)59(36-116)144-93(79)146-78-57-28-44-29-58(78)143-56-17-14-43(27-50(56)97)75(124)71-88(134)107-67(91(136)137)48-30-46(117)31-54(119)64(48)47-25-41(12-15-53(47)118)65(84(130)109-71)106-85(131)66(44)105-83(129)52(32-60(99)120)104-87(133)70(108-82(128)51(101-6)24-38(2)3)74(123)42-13-16-55(142-57)49(96)26-42/h12-19,22-23,25-31,38-39,51-52,59,63,65-67,70-72,74-77,79-80,90,93,101,103,116,123-127H,8-11,20-21,24,32-37H2,1-7H3,(H16-,99,100,102,104,105,106,107,108,109,110,111,112,117,118,119,120,121,128,129,130,131,132,133,134,136,137,138,139)/p+1/t39-,51+,52-,59+,63-,65+,66+,67-,70+,71-,72+,74+,75+,76+,77-,79+,80+,90+,93-,95-/m0/s1. The predicted molar refractivity (Wildman–Crippen MR) is 522 cm³/mol. The Hall–Kier alpha value is -13.4. The van der Waals surface area contributed by atoms with Gasteiger partial charge in [-0.15, -0.1) is 11.8 Å². The van der Waals surface area contributed by atoms with Crippen LogP contribution in [0.15, 0.2) is 120 Å². The number of carbonyl (C=O) groups is 13. The van der Waals surface area contributed by atoms with E-state index in [1.54, 1.807) is 61.7 Å². The minimum atomic E-state index is -2.42. The average Bonchev–Trinajstić information content (AvgIpc) is 0.852. The highest BCUT2D eigenvalue weighted by Gasteiger charge is 2.57. The summed E-state index contributed by atoms with van der Waals surface area (Å²) in [5.74, 6) is -20.1. The van der Waals surface area contributed by atoms with Crippen LogP contribution in [0.2, 0.25) is 14.4 Å². The molecule has 9 aliphatic rings. The highest BCUT2D eigenvalue weighted by molar-refractivity contribution is 8.00. The van der Waals surface area contributed by atoms with Crippen molar-refractivity contribution >= 4 is 146 Å². The number of aliphatic hydroxyl groups excluding tert-OH is 6. The number of nitrogen functional groups attached to an aromatic ring is 1. The van der Waals surface area contributed by atoms with Crippen LogP contribution in [0.1, 0.15) is 143 Å². The number of thioether (sulfide) groups is 1. The first-order valence-electron chi connectivity index (χ1n) is 46.5. The number of carbonyl (C=O) groups excluding carboxylic acids is 11. The van der Waals surface area contributed by atoms with E-state index in [1.165, 1.54) is 38.9 Å². The first kappa shape index (κ1) is 110. The molecular weight excluding hydrogens is 2050 g/mol. The Balaban J connectivity index is 0.730. The number of nitrogens with two attached hydrogens (primary N) is 2. The highest BCUT2D eigenvalue weighted by atomic mass is 35.5. The summed E-state index contributed by atoms with van der Waals surface area (Å²) in [6.07, 6.45) is -16.4. The maximum absolute atomic E-state index is 16.3. The maximum Gasteiger partial charge on any atom is 0.352 e. The van der Waals surface area contributed by atoms with Crippen LogP contribution < -0.4 is 83.4 Å². The summed E-state index contributed by atoms with van der Waals surface area (Å²) in [5.41, 5.74) is 7.55. The van der Waals surface area contributed by atoms with Gasteiger partial charge in [-0.1, -0.05) is 83.3 Å². The normalized spacial score (nSPS) is 25.8. The fourth-order valence-corrected chi connectivity index (χ4v) is 20.8. The monoisotopic (exact) mass is 2150 g/mol. The molecule has 0 saturated carbocycles. The number of ether oxygens (including phenoxy) is 6. The number of nitrogens with zero attached hydrogens (tertiary/aromatic N) is 5. The van der Waals surface area contributed by atoms with Crippen molar-refractivity contribution in [2.24, 2.45) is 16.8 Å². The number of hydrogen-bond acceptors (Lipinski definition) is 36. The van der Waals surface area contributed by atoms with Crippen molar-refractivity contribution in [3.05, 3.63) is 168 Å². The number of pyridine rings is 1. The van der Waals surface area contributed by atoms with Gasteiger partial charge < -0.3 is 159 Å². The summed E-state index contributed by atoms with van der Waals surface area (Å²) in [7, 11) is 2.65. The molecule has 11 heterocycles. The quantitative estimate of drug-likeness (QED) is 0.00941. The molecule has 25 N–H and O–H groups in total. The van der Waals surface area contributed by atoms with Crippen LogP contribution in [0.5, 0.6) is 46.0 Å². The van der Waals surface area contributed by atoms with Crippen LogP contribution in [0.25, 0.3) is 11.1 Å². The van der Waals surface area contributed by atoms with Gasteiger partial charge in [0.25, 0.3) is 11.8 Å². The number of nitrogens with one attached hydrogen (secondary N) is 10. The number of carboxylic acids is 2. The molecule has 7 aromatic rings. The summed E-state index contributed by atoms with van der Waals surface area (Å²) < 4.78 is 41.2. The Morgan fingerprint density at radius 2 is 1.41 bits per heavy atom. The van der Waals surface area contributed by atoms with Gasteiger partial charge in [-0.25, -0.2) is 19.1 Å². The van der Waals surface area contributed by atoms with Gasteiger partial charge in [0.1, 0.15) is 124 Å². The Kier molecular flexibility index (Phi) is 35.0. The zero-order valence-corrected chi connectivity index (χ0v) is 83.9. The molecule has 11 amide bonds. The molecule has 0 aliphatic carbocycles. The van der Waals surface area contributed by atoms with Crippen LogP contribution in [0, 0.1) is 5.92 Å². The van der Waals surface area contributed by atoms with Crippen LogP contribution in [-0.2, 0) is 94.5 Å². The van der Waals surface area contributed by atoms with Crippen LogP contribution in [-0.4, -0.2) is 290 Å². The van der Waals surface area contributed by atoms with Gasteiger partial charge in [0.2, 0.25) is 65.2 Å². The van der Waals surface area contributed by atoms with E-state index in [0.717, 1.165) is 94.6 Å². The minimum Gasteiger partial charge on any atom is -0.508 e. The number of phenolic OH excluding ortho intramolecular Hbond substituents is 3. The minimum absolute atomic E-state index is 0.0202. The molecule has 48 nitrogen and oxygen atoms in total. The fourth-order valence-electron chi connectivity index (χ4n) is 18.1. The molecule has 53 heteroatoms. The number of fused-ring (bicyclic) bond motifs is 16. The van der Waals surface area contributed by atoms with Crippen molar-refractivity contribution in [2.75, 3.05) is 51.9 Å². The van der Waals surface area contributed by atoms with E-state index >= 15 is 24.0 Å². The summed E-state index contributed by atoms with van der Waals surface area (Å²) >= 11 is 22.7. The Bertz CT molecular complexity index is 6390. The Labute approximate surface area is 865 Å². The third-order valence-electron chi connectivity index (χ3n) is 25.7. The molecule has 16 rings (SSSR count). The van der Waals surface area contributed by atoms with Crippen molar-refractivity contribution in [1.29, 1.82) is 0 Å². The lowest BCUT2D eigenvalue weighted by Gasteiger charge is -2.49. The lowest BCUT2D eigenvalue weighted by molar-refractivity contribution is -0.689. The molecule has 20 atom stereocenters. The largest absolute Gasteiger partial charge is 0.508 e. The zero-order valence-electron chi connectivity index (χ0n) is 80.0. The smallest absolute Gasteiger partial charge is 0.352 e. The van der Waals surface area contributed by atoms with Crippen molar-refractivity contribution in [3.8, 4) is 57.1 Å². The van der Waals surface area contributed by atoms with E-state index in [1.807, 2.05) is 0 Å². The third-order valence-corrected chi connectivity index (χ3v) is 28.7. The molecule has 2 aromatic heterocycles. The topological polar surface area (TPSA) is 717 Å². The number of carboxylic acid groups (broad SMARTS) is 2. The fraction of sp³-hybridized carbons (Fsp3) is 0.432. The molecule has 0 unspecified atom stereocenters. The second kappa shape index (κ2) is 47.0. The number of oxime groups is 1. The lowest BCUT2D eigenvalue weighted by atomic mass is 9.85. The SMILES string of the molecule is CCN(Cc1cc[n+](CC2=C(C(=O)O)N3C(=O)[C@@H](NC(=O)/C(=N\OC)c4nc(N)sc4Cl)[C@H]3SC2)cc1)C(=O)CCCC(=O)NCCN[C@@]1(C)C[C@H](O[C@H]2[C@H](Oc3c4cc5cc3Oc3ccc(cc3Cl)[C@@H](O)[C@@H](NC(=O)[C@@H](CC(C)C)NC)C(=O)N[C@@H](CC(N)=O)C(=O)N[C@H]5C(=O)N[C@H]3C(=O)N[C@H](C(=O)N[C@H](C(=O)O)c5cc(O)cc(O)c5-c5cc3ccc5O)[C@H](O)c3ccc(c(Cl)c3)O4)O[C@H](CO)[C@@H](O)[C@@H]2O)O[C@@H](C)[C@H]1O. The molecular formula is C95H109Cl3N17O31S2+. The van der Waals surface area contributed by atoms with Gasteiger partial charge in [0, 0.05) is 97.2 Å². The van der Waals surface area contributed by atoms with Gasteiger partial charge in [-0.3, -0.25) is 57.6 Å². The van der Waals surface area contributed by atoms with Crippen LogP contribution in [0.3, 0.4) is 0 Å². The van der Waals surface area contributed by atoms with Crippen molar-refractivity contribution in [2.45, 2.75) is 207 Å². The van der Waals surface area contributed by atoms with Gasteiger partial charge in [-0.05, 0) is 129 Å². The van der Waals surface area contributed by atoms with E-state index in [-0.39, 0.29) is 114 Å². The number of hydrogen-bond donors (Lipinski definition) is 23. The second-order valence-electron chi connectivity index (χ2n) is 36.5. The molecule has 792 valence electrons. The number of rotatable bonds is 31. The lowest BCUT2D eigenvalue weighted by Crippen LogP contribution is -2.71. The predicted octanol–water partition coefficient (Wildman–Crippen LogP) is 0.841. The average molecular weight is 2160 g/mol. The van der Waals surface area contributed by atoms with Crippen LogP contribution in [0.4, 0.5) is 5.13 Å². The zero-order chi connectivity index (χ0) is 107. The van der Waals surface area contributed by atoms with E-state index < -0.39 is 289 Å². The van der Waals surface area contributed by atoms with E-state index in [9.17, 15) is 94.5 Å². The number of aliphatic hydroxyl groups is 6. The van der Waals surface area contributed by atoms with E-state index in [2.05, 4.69) is 63.3 Å². The van der Waals surface area contributed by atoms with Gasteiger partial charge in [0.15, 0.2) is 59.7 Å². The first-order valence-corrected chi connectivity index (χ1v) is 49.5. The van der Waals surface area contributed by atoms with Gasteiger partial charge >= 0.3 is 11.9 Å². The summed E-state index contributed by atoms with van der Waals surface area (Å²) in [6, 6.07) is 1.05. The second-order valence-corrected chi connectivity index (χ2v) is 40.0. The van der Waals surface area contributed by atoms with Crippen LogP contribution >= 0.6 is 57.9 Å². The number of phenols is 3. The number of aromatic hydroxyl groups is 3. The van der Waals surface area contributed by atoms with Gasteiger partial charge in [-0.2, -0.15) is 0 Å². The number of aliphatic carboxylic acids is 2. The number of likely N-dealkylation sites (N-methyl/N-ethyl adjacent to an activating group) is 1. The number of anilines is 1. The van der Waals surface area contributed by atoms with Crippen molar-refractivity contribution < 1.29 is 156 Å². The number of amides is 11. The number of halogens is 3. The van der Waals surface area contributed by atoms with E-state index in [0.29, 0.717) is 12.1 Å². The molecule has 3 fully saturated rings. The molecule has 5 aromatic carbocycles. The highest BCUT2D eigenvalue weighted by Crippen LogP contribution is 2.51. The third kappa shape index (κ3) is 24.4. The molecule has 148 heavy (non-hydrogen) atoms. The number of primary amides is 1. The van der Waals surface area contributed by atoms with E-state index in [4.69, 9.17) is 79.5 Å². The molecule has 0 spiro atoms. The first-order chi connectivity index (χ1) is 70.3. The summed E-state index contributed by atoms with van der Waals surface area (Å²) in [5, 5.41) is 156. The molecule has 3 saturated heterocycles. The molecule has 9 aliphatic heterocycles. The number of β-lactam (4-membered cyclic amide) rings is 1. The number of benzene rings is 5. The maximum atomic E-state index is 16.3. The Morgan fingerprint density at radius 1 is 0.750 bits per heavy atom. The summed E-state index contributed by atoms with van der Waals surface area (Å²) in [4.78, 5) is 197. The number of aromatic nitrogens is 2. The van der Waals surface area contributed by atoms with Crippen molar-refractivity contribution in [3.63, 3.8) is 0 Å².